The van der Waals surface area contributed by atoms with Gasteiger partial charge in [0, 0.05) is 18.9 Å². The second-order valence-electron chi connectivity index (χ2n) is 3.61. The van der Waals surface area contributed by atoms with Crippen molar-refractivity contribution in [1.29, 1.82) is 0 Å². The van der Waals surface area contributed by atoms with Crippen LogP contribution in [0.4, 0.5) is 0 Å². The van der Waals surface area contributed by atoms with Gasteiger partial charge in [-0.05, 0) is 13.0 Å². The summed E-state index contributed by atoms with van der Waals surface area (Å²) in [6, 6.07) is 3.04. The van der Waals surface area contributed by atoms with E-state index in [0.29, 0.717) is 18.2 Å². The Morgan fingerprint density at radius 1 is 1.53 bits per heavy atom. The van der Waals surface area contributed by atoms with Gasteiger partial charge in [-0.15, -0.1) is 0 Å². The summed E-state index contributed by atoms with van der Waals surface area (Å²) in [4.78, 5) is 19.3. The fourth-order valence-electron chi connectivity index (χ4n) is 1.41. The van der Waals surface area contributed by atoms with Crippen molar-refractivity contribution < 1.29 is 9.53 Å². The number of nitrogens with zero attached hydrogens (tertiary/aromatic N) is 4. The highest BCUT2D eigenvalue weighted by Crippen LogP contribution is 2.12. The quantitative estimate of drug-likeness (QED) is 0.823. The Hall–Kier alpha value is -1.99. The highest BCUT2D eigenvalue weighted by Gasteiger charge is 2.09. The lowest BCUT2D eigenvalue weighted by atomic mass is 10.4. The predicted molar refractivity (Wildman–Crippen MR) is 68.0 cm³/mol. The predicted octanol–water partition coefficient (Wildman–Crippen LogP) is 0.951. The molecular formula is C11H12ClN5O2. The lowest BCUT2D eigenvalue weighted by Crippen LogP contribution is -2.12. The minimum Gasteiger partial charge on any atom is -0.374 e. The van der Waals surface area contributed by atoms with Gasteiger partial charge in [0.1, 0.15) is 17.5 Å². The lowest BCUT2D eigenvalue weighted by Gasteiger charge is -2.05. The number of rotatable bonds is 5. The second-order valence-corrected chi connectivity index (χ2v) is 4.00. The van der Waals surface area contributed by atoms with Crippen LogP contribution in [0.5, 0.6) is 0 Å². The molecule has 1 amide bonds. The van der Waals surface area contributed by atoms with Crippen LogP contribution in [0.15, 0.2) is 18.3 Å². The van der Waals surface area contributed by atoms with Crippen LogP contribution in [0.2, 0.25) is 5.15 Å². The van der Waals surface area contributed by atoms with Crippen molar-refractivity contribution in [1.82, 2.24) is 19.7 Å². The van der Waals surface area contributed by atoms with Crippen LogP contribution in [0.3, 0.4) is 0 Å². The molecule has 0 aromatic carbocycles. The molecule has 0 radical (unpaired) electrons. The first-order chi connectivity index (χ1) is 9.10. The monoisotopic (exact) mass is 281 g/mol. The molecule has 0 fully saturated rings. The molecule has 19 heavy (non-hydrogen) atoms. The smallest absolute Gasteiger partial charge is 0.269 e. The fraction of sp³-hybridized carbons (Fsp3) is 0.273. The molecule has 0 atom stereocenters. The number of amides is 1. The highest BCUT2D eigenvalue weighted by molar-refractivity contribution is 6.29. The van der Waals surface area contributed by atoms with Gasteiger partial charge in [-0.25, -0.2) is 14.6 Å². The summed E-state index contributed by atoms with van der Waals surface area (Å²) >= 11 is 5.91. The van der Waals surface area contributed by atoms with E-state index in [1.165, 1.54) is 16.8 Å². The largest absolute Gasteiger partial charge is 0.374 e. The van der Waals surface area contributed by atoms with E-state index >= 15 is 0 Å². The molecule has 8 heteroatoms. The normalized spacial score (nSPS) is 10.6. The Morgan fingerprint density at radius 3 is 2.95 bits per heavy atom. The molecular weight excluding hydrogens is 270 g/mol. The van der Waals surface area contributed by atoms with Crippen LogP contribution in [0.1, 0.15) is 23.2 Å². The van der Waals surface area contributed by atoms with Gasteiger partial charge in [0.25, 0.3) is 5.91 Å². The summed E-state index contributed by atoms with van der Waals surface area (Å²) in [7, 11) is 0. The van der Waals surface area contributed by atoms with E-state index in [1.807, 2.05) is 6.92 Å². The van der Waals surface area contributed by atoms with E-state index < -0.39 is 5.91 Å². The standard InChI is InChI=1S/C11H12ClN5O2/c1-2-19-6-9-14-8(12)5-10(15-9)17-4-3-7(16-17)11(13)18/h3-5H,2,6H2,1H3,(H2,13,18). The van der Waals surface area contributed by atoms with Gasteiger partial charge in [-0.2, -0.15) is 5.10 Å². The maximum Gasteiger partial charge on any atom is 0.269 e. The zero-order chi connectivity index (χ0) is 13.8. The molecule has 0 saturated carbocycles. The van der Waals surface area contributed by atoms with Gasteiger partial charge in [0.05, 0.1) is 0 Å². The van der Waals surface area contributed by atoms with E-state index in [4.69, 9.17) is 22.1 Å². The molecule has 0 aliphatic carbocycles. The molecule has 0 aliphatic rings. The first-order valence-electron chi connectivity index (χ1n) is 5.57. The number of carbonyl (C=O) groups excluding carboxylic acids is 1. The topological polar surface area (TPSA) is 95.9 Å². The number of ether oxygens (including phenoxy) is 1. The number of nitrogens with two attached hydrogens (primary N) is 1. The fourth-order valence-corrected chi connectivity index (χ4v) is 1.60. The molecule has 0 saturated heterocycles. The number of aromatic nitrogens is 4. The van der Waals surface area contributed by atoms with Crippen LogP contribution >= 0.6 is 11.6 Å². The summed E-state index contributed by atoms with van der Waals surface area (Å²) in [5, 5.41) is 4.27. The molecule has 0 aliphatic heterocycles. The van der Waals surface area contributed by atoms with E-state index in [-0.39, 0.29) is 17.5 Å². The number of halogens is 1. The minimum atomic E-state index is -0.603. The van der Waals surface area contributed by atoms with Crippen molar-refractivity contribution in [2.75, 3.05) is 6.61 Å². The third-order valence-corrected chi connectivity index (χ3v) is 2.43. The third-order valence-electron chi connectivity index (χ3n) is 2.24. The molecule has 2 aromatic rings. The van der Waals surface area contributed by atoms with E-state index in [1.54, 1.807) is 6.20 Å². The van der Waals surface area contributed by atoms with E-state index in [9.17, 15) is 4.79 Å². The van der Waals surface area contributed by atoms with Gasteiger partial charge in [-0.3, -0.25) is 4.79 Å². The van der Waals surface area contributed by atoms with Crippen LogP contribution in [-0.4, -0.2) is 32.3 Å². The maximum absolute atomic E-state index is 11.0. The zero-order valence-corrected chi connectivity index (χ0v) is 11.0. The van der Waals surface area contributed by atoms with E-state index in [2.05, 4.69) is 15.1 Å². The number of carbonyl (C=O) groups is 1. The highest BCUT2D eigenvalue weighted by atomic mass is 35.5. The molecule has 2 aromatic heterocycles. The van der Waals surface area contributed by atoms with Crippen molar-refractivity contribution in [3.8, 4) is 5.82 Å². The third kappa shape index (κ3) is 3.27. The van der Waals surface area contributed by atoms with Crippen LogP contribution < -0.4 is 5.73 Å². The minimum absolute atomic E-state index is 0.154. The maximum atomic E-state index is 11.0. The lowest BCUT2D eigenvalue weighted by molar-refractivity contribution is 0.0995. The Labute approximate surface area is 114 Å². The molecule has 2 rings (SSSR count). The molecule has 100 valence electrons. The first kappa shape index (κ1) is 13.4. The van der Waals surface area contributed by atoms with E-state index in [0.717, 1.165) is 0 Å². The Kier molecular flexibility index (Phi) is 4.08. The Balaban J connectivity index is 2.32. The number of hydrogen-bond donors (Lipinski definition) is 1. The Morgan fingerprint density at radius 2 is 2.32 bits per heavy atom. The number of primary amides is 1. The molecule has 2 heterocycles. The van der Waals surface area contributed by atoms with Gasteiger partial charge in [-0.1, -0.05) is 11.6 Å². The van der Waals surface area contributed by atoms with Crippen LogP contribution in [0.25, 0.3) is 5.82 Å². The van der Waals surface area contributed by atoms with Gasteiger partial charge in [0.2, 0.25) is 0 Å². The van der Waals surface area contributed by atoms with Crippen molar-refractivity contribution in [2.45, 2.75) is 13.5 Å². The molecule has 0 unspecified atom stereocenters. The van der Waals surface area contributed by atoms with Gasteiger partial charge < -0.3 is 10.5 Å². The summed E-state index contributed by atoms with van der Waals surface area (Å²) in [5.74, 6) is 0.288. The summed E-state index contributed by atoms with van der Waals surface area (Å²) < 4.78 is 6.63. The second kappa shape index (κ2) is 5.77. The van der Waals surface area contributed by atoms with Crippen molar-refractivity contribution >= 4 is 17.5 Å². The van der Waals surface area contributed by atoms with Crippen LogP contribution in [0, 0.1) is 0 Å². The molecule has 7 nitrogen and oxygen atoms in total. The summed E-state index contributed by atoms with van der Waals surface area (Å²) in [6.07, 6.45) is 1.57. The van der Waals surface area contributed by atoms with Crippen molar-refractivity contribution in [3.05, 3.63) is 35.0 Å². The van der Waals surface area contributed by atoms with Crippen LogP contribution in [-0.2, 0) is 11.3 Å². The molecule has 0 bridgehead atoms. The Bertz CT molecular complexity index is 599. The zero-order valence-electron chi connectivity index (χ0n) is 10.2. The average molecular weight is 282 g/mol. The summed E-state index contributed by atoms with van der Waals surface area (Å²) in [5.41, 5.74) is 5.29. The average Bonchev–Trinajstić information content (AvgIpc) is 2.85. The van der Waals surface area contributed by atoms with Crippen molar-refractivity contribution in [3.63, 3.8) is 0 Å². The molecule has 0 spiro atoms. The first-order valence-corrected chi connectivity index (χ1v) is 5.95. The van der Waals surface area contributed by atoms with Gasteiger partial charge in [0.15, 0.2) is 11.6 Å². The van der Waals surface area contributed by atoms with Crippen molar-refractivity contribution in [2.24, 2.45) is 5.73 Å². The molecule has 2 N–H and O–H groups in total. The SMILES string of the molecule is CCOCc1nc(Cl)cc(-n2ccc(C(N)=O)n2)n1. The summed E-state index contributed by atoms with van der Waals surface area (Å²) in [6.45, 7) is 2.69. The van der Waals surface area contributed by atoms with Gasteiger partial charge >= 0.3 is 0 Å². The number of hydrogen-bond acceptors (Lipinski definition) is 5.